The molecule has 0 atom stereocenters. The van der Waals surface area contributed by atoms with Gasteiger partial charge in [0.05, 0.1) is 13.7 Å². The molecule has 0 heterocycles. The van der Waals surface area contributed by atoms with E-state index >= 15 is 0 Å². The molecule has 0 bridgehead atoms. The number of hydrogen-bond donors (Lipinski definition) is 0. The van der Waals surface area contributed by atoms with Crippen LogP contribution in [0.3, 0.4) is 0 Å². The topological polar surface area (TPSA) is 58.0 Å². The monoisotopic (exact) mass is 213 g/mol. The van der Waals surface area contributed by atoms with E-state index in [0.717, 1.165) is 22.1 Å². The average Bonchev–Trinajstić information content (AvgIpc) is 2.36. The smallest absolute Gasteiger partial charge is 0.126 e. The van der Waals surface area contributed by atoms with Crippen LogP contribution in [-0.2, 0) is 6.54 Å². The molecule has 16 heavy (non-hydrogen) atoms. The van der Waals surface area contributed by atoms with Crippen molar-refractivity contribution in [3.05, 3.63) is 52.4 Å². The first-order valence-electron chi connectivity index (χ1n) is 4.92. The van der Waals surface area contributed by atoms with Gasteiger partial charge in [0.2, 0.25) is 0 Å². The average molecular weight is 213 g/mol. The third-order valence-electron chi connectivity index (χ3n) is 2.50. The summed E-state index contributed by atoms with van der Waals surface area (Å²) < 4.78 is 5.28. The van der Waals surface area contributed by atoms with Gasteiger partial charge in [-0.3, -0.25) is 0 Å². The first-order chi connectivity index (χ1) is 7.86. The second-order valence-electron chi connectivity index (χ2n) is 3.36. The maximum atomic E-state index is 8.33. The Bertz CT molecular complexity index is 559. The maximum absolute atomic E-state index is 8.33. The number of ether oxygens (including phenoxy) is 1. The summed E-state index contributed by atoms with van der Waals surface area (Å²) in [4.78, 5) is 2.77. The number of methoxy groups -OCH3 is 1. The number of azide groups is 1. The van der Waals surface area contributed by atoms with Gasteiger partial charge in [0.25, 0.3) is 0 Å². The normalized spacial score (nSPS) is 9.81. The molecular formula is C12H11N3O. The van der Waals surface area contributed by atoms with Crippen molar-refractivity contribution in [3.63, 3.8) is 0 Å². The number of hydrogen-bond acceptors (Lipinski definition) is 2. The summed E-state index contributed by atoms with van der Waals surface area (Å²) in [6.45, 7) is 0.362. The first kappa shape index (κ1) is 10.3. The third kappa shape index (κ3) is 1.78. The third-order valence-corrected chi connectivity index (χ3v) is 2.50. The summed E-state index contributed by atoms with van der Waals surface area (Å²) >= 11 is 0. The molecule has 0 aliphatic heterocycles. The Hall–Kier alpha value is -2.19. The molecule has 0 radical (unpaired) electrons. The largest absolute Gasteiger partial charge is 0.496 e. The molecule has 0 saturated heterocycles. The van der Waals surface area contributed by atoms with Crippen LogP contribution in [-0.4, -0.2) is 7.11 Å². The van der Waals surface area contributed by atoms with Crippen molar-refractivity contribution in [3.8, 4) is 5.75 Å². The second kappa shape index (κ2) is 4.55. The number of benzene rings is 2. The van der Waals surface area contributed by atoms with Crippen molar-refractivity contribution < 1.29 is 4.74 Å². The fraction of sp³-hybridized carbons (Fsp3) is 0.167. The minimum absolute atomic E-state index is 0.362. The van der Waals surface area contributed by atoms with Crippen LogP contribution in [0, 0.1) is 0 Å². The van der Waals surface area contributed by atoms with Crippen molar-refractivity contribution in [2.45, 2.75) is 6.54 Å². The van der Waals surface area contributed by atoms with Crippen LogP contribution < -0.4 is 4.74 Å². The van der Waals surface area contributed by atoms with Crippen LogP contribution in [0.1, 0.15) is 5.56 Å². The zero-order valence-electron chi connectivity index (χ0n) is 8.92. The van der Waals surface area contributed by atoms with Crippen LogP contribution >= 0.6 is 0 Å². The summed E-state index contributed by atoms with van der Waals surface area (Å²) in [5.41, 5.74) is 9.34. The molecule has 0 spiro atoms. The number of fused-ring (bicyclic) bond motifs is 1. The quantitative estimate of drug-likeness (QED) is 0.436. The lowest BCUT2D eigenvalue weighted by molar-refractivity contribution is 0.419. The van der Waals surface area contributed by atoms with E-state index in [1.807, 2.05) is 36.4 Å². The van der Waals surface area contributed by atoms with Crippen LogP contribution in [0.2, 0.25) is 0 Å². The van der Waals surface area contributed by atoms with Gasteiger partial charge in [-0.05, 0) is 22.5 Å². The minimum Gasteiger partial charge on any atom is -0.496 e. The van der Waals surface area contributed by atoms with E-state index in [4.69, 9.17) is 10.3 Å². The molecule has 0 unspecified atom stereocenters. The minimum atomic E-state index is 0.362. The molecule has 80 valence electrons. The molecule has 0 aromatic heterocycles. The highest BCUT2D eigenvalue weighted by Crippen LogP contribution is 2.28. The molecule has 0 fully saturated rings. The molecule has 0 saturated carbocycles. The van der Waals surface area contributed by atoms with Crippen LogP contribution in [0.4, 0.5) is 0 Å². The Balaban J connectivity index is 2.64. The van der Waals surface area contributed by atoms with Gasteiger partial charge in [0.1, 0.15) is 5.75 Å². The standard InChI is InChI=1S/C12H11N3O/c1-16-12-7-6-9(8-14-15-13)10-4-2-3-5-11(10)12/h2-7H,8H2,1H3. The molecule has 0 amide bonds. The molecule has 0 aliphatic carbocycles. The molecule has 0 N–H and O–H groups in total. The van der Waals surface area contributed by atoms with Gasteiger partial charge in [0.15, 0.2) is 0 Å². The van der Waals surface area contributed by atoms with Gasteiger partial charge in [0, 0.05) is 10.3 Å². The summed E-state index contributed by atoms with van der Waals surface area (Å²) in [6, 6.07) is 11.7. The summed E-state index contributed by atoms with van der Waals surface area (Å²) in [7, 11) is 1.65. The lowest BCUT2D eigenvalue weighted by Crippen LogP contribution is -1.89. The number of nitrogens with zero attached hydrogens (tertiary/aromatic N) is 3. The predicted molar refractivity (Wildman–Crippen MR) is 63.4 cm³/mol. The van der Waals surface area contributed by atoms with Gasteiger partial charge < -0.3 is 4.74 Å². The van der Waals surface area contributed by atoms with Gasteiger partial charge in [-0.25, -0.2) is 0 Å². The van der Waals surface area contributed by atoms with E-state index in [9.17, 15) is 0 Å². The molecule has 4 heteroatoms. The zero-order valence-corrected chi connectivity index (χ0v) is 8.92. The first-order valence-corrected chi connectivity index (χ1v) is 4.92. The zero-order chi connectivity index (χ0) is 11.4. The fourth-order valence-corrected chi connectivity index (χ4v) is 1.76. The van der Waals surface area contributed by atoms with E-state index in [1.54, 1.807) is 7.11 Å². The SMILES string of the molecule is COc1ccc(CN=[N+]=[N-])c2ccccc12. The van der Waals surface area contributed by atoms with Gasteiger partial charge in [-0.2, -0.15) is 0 Å². The van der Waals surface area contributed by atoms with E-state index in [2.05, 4.69) is 10.0 Å². The Kier molecular flexibility index (Phi) is 2.94. The van der Waals surface area contributed by atoms with Gasteiger partial charge >= 0.3 is 0 Å². The summed E-state index contributed by atoms with van der Waals surface area (Å²) in [5, 5.41) is 5.69. The lowest BCUT2D eigenvalue weighted by atomic mass is 10.0. The highest BCUT2D eigenvalue weighted by atomic mass is 16.5. The van der Waals surface area contributed by atoms with Crippen molar-refractivity contribution >= 4 is 10.8 Å². The number of rotatable bonds is 3. The second-order valence-corrected chi connectivity index (χ2v) is 3.36. The highest BCUT2D eigenvalue weighted by molar-refractivity contribution is 5.91. The fourth-order valence-electron chi connectivity index (χ4n) is 1.76. The Morgan fingerprint density at radius 1 is 1.19 bits per heavy atom. The van der Waals surface area contributed by atoms with Crippen LogP contribution in [0.25, 0.3) is 21.2 Å². The Morgan fingerprint density at radius 2 is 1.94 bits per heavy atom. The molecule has 4 nitrogen and oxygen atoms in total. The van der Waals surface area contributed by atoms with Gasteiger partial charge in [-0.15, -0.1) is 0 Å². The molecule has 2 aromatic rings. The van der Waals surface area contributed by atoms with E-state index in [0.29, 0.717) is 6.54 Å². The maximum Gasteiger partial charge on any atom is 0.126 e. The summed E-state index contributed by atoms with van der Waals surface area (Å²) in [6.07, 6.45) is 0. The van der Waals surface area contributed by atoms with Crippen molar-refractivity contribution in [2.75, 3.05) is 7.11 Å². The predicted octanol–water partition coefficient (Wildman–Crippen LogP) is 3.66. The van der Waals surface area contributed by atoms with Gasteiger partial charge in [-0.1, -0.05) is 35.4 Å². The van der Waals surface area contributed by atoms with Crippen molar-refractivity contribution in [1.82, 2.24) is 0 Å². The Morgan fingerprint density at radius 3 is 2.62 bits per heavy atom. The Labute approximate surface area is 93.1 Å². The van der Waals surface area contributed by atoms with E-state index in [1.165, 1.54) is 0 Å². The highest BCUT2D eigenvalue weighted by Gasteiger charge is 2.04. The summed E-state index contributed by atoms with van der Waals surface area (Å²) in [5.74, 6) is 0.834. The molecule has 2 rings (SSSR count). The molecule has 0 aliphatic rings. The molecule has 2 aromatic carbocycles. The van der Waals surface area contributed by atoms with Crippen molar-refractivity contribution in [1.29, 1.82) is 0 Å². The van der Waals surface area contributed by atoms with E-state index in [-0.39, 0.29) is 0 Å². The van der Waals surface area contributed by atoms with Crippen LogP contribution in [0.15, 0.2) is 41.5 Å². The van der Waals surface area contributed by atoms with Crippen LogP contribution in [0.5, 0.6) is 5.75 Å². The van der Waals surface area contributed by atoms with Crippen molar-refractivity contribution in [2.24, 2.45) is 5.11 Å². The molecular weight excluding hydrogens is 202 g/mol. The van der Waals surface area contributed by atoms with E-state index < -0.39 is 0 Å². The lowest BCUT2D eigenvalue weighted by Gasteiger charge is -2.08.